The predicted molar refractivity (Wildman–Crippen MR) is 88.9 cm³/mol. The molecule has 1 aliphatic heterocycles. The maximum atomic E-state index is 12.1. The number of fused-ring (bicyclic) bond motifs is 1. The molecule has 6 heteroatoms. The van der Waals surface area contributed by atoms with Gasteiger partial charge in [0.15, 0.2) is 11.5 Å². The highest BCUT2D eigenvalue weighted by Gasteiger charge is 2.47. The zero-order chi connectivity index (χ0) is 17.6. The van der Waals surface area contributed by atoms with E-state index in [4.69, 9.17) is 25.8 Å². The van der Waals surface area contributed by atoms with Gasteiger partial charge in [-0.15, -0.1) is 0 Å². The number of carbonyl (C=O) groups is 2. The van der Waals surface area contributed by atoms with Gasteiger partial charge in [-0.1, -0.05) is 11.6 Å². The molecule has 3 rings (SSSR count). The van der Waals surface area contributed by atoms with E-state index in [0.29, 0.717) is 46.1 Å². The Bertz CT molecular complexity index is 717. The van der Waals surface area contributed by atoms with Gasteiger partial charge in [0.1, 0.15) is 5.78 Å². The molecule has 0 unspecified atom stereocenters. The molecule has 0 bridgehead atoms. The van der Waals surface area contributed by atoms with Crippen molar-refractivity contribution < 1.29 is 23.8 Å². The molecule has 0 radical (unpaired) electrons. The second-order valence-corrected chi connectivity index (χ2v) is 7.00. The molecule has 1 aliphatic carbocycles. The largest absolute Gasteiger partial charge is 0.465 e. The Labute approximate surface area is 146 Å². The number of methoxy groups -OCH3 is 1. The van der Waals surface area contributed by atoms with Gasteiger partial charge in [-0.2, -0.15) is 0 Å². The number of rotatable bonds is 2. The number of ether oxygens (including phenoxy) is 3. The Kier molecular flexibility index (Phi) is 4.24. The number of benzene rings is 1. The third kappa shape index (κ3) is 2.55. The van der Waals surface area contributed by atoms with Crippen LogP contribution in [0.4, 0.5) is 0 Å². The number of ketones is 1. The normalized spacial score (nSPS) is 23.5. The zero-order valence-corrected chi connectivity index (χ0v) is 15.1. The lowest BCUT2D eigenvalue weighted by molar-refractivity contribution is -0.135. The summed E-state index contributed by atoms with van der Waals surface area (Å²) in [6.07, 6.45) is 2.54. The van der Waals surface area contributed by atoms with E-state index in [2.05, 4.69) is 0 Å². The van der Waals surface area contributed by atoms with Crippen LogP contribution >= 0.6 is 11.6 Å². The first-order chi connectivity index (χ1) is 11.3. The van der Waals surface area contributed by atoms with Gasteiger partial charge in [-0.05, 0) is 32.3 Å². The van der Waals surface area contributed by atoms with Gasteiger partial charge in [-0.3, -0.25) is 4.79 Å². The lowest BCUT2D eigenvalue weighted by Gasteiger charge is -2.34. The first-order valence-electron chi connectivity index (χ1n) is 8.09. The predicted octanol–water partition coefficient (Wildman–Crippen LogP) is 3.99. The van der Waals surface area contributed by atoms with E-state index < -0.39 is 11.8 Å². The van der Waals surface area contributed by atoms with Crippen LogP contribution in [0.25, 0.3) is 0 Å². The van der Waals surface area contributed by atoms with E-state index in [1.165, 1.54) is 7.11 Å². The lowest BCUT2D eigenvalue weighted by atomic mass is 9.83. The van der Waals surface area contributed by atoms with Crippen LogP contribution in [0.5, 0.6) is 11.5 Å². The van der Waals surface area contributed by atoms with Gasteiger partial charge in [0.05, 0.1) is 17.7 Å². The second-order valence-electron chi connectivity index (χ2n) is 6.62. The molecule has 1 saturated carbocycles. The molecule has 1 fully saturated rings. The Morgan fingerprint density at radius 3 is 2.33 bits per heavy atom. The van der Waals surface area contributed by atoms with Crippen molar-refractivity contribution >= 4 is 23.4 Å². The van der Waals surface area contributed by atoms with Crippen molar-refractivity contribution in [3.63, 3.8) is 0 Å². The van der Waals surface area contributed by atoms with Crippen LogP contribution in [0.3, 0.4) is 0 Å². The fraction of sp³-hybridized carbons (Fsp3) is 0.556. The van der Waals surface area contributed by atoms with Gasteiger partial charge in [0, 0.05) is 31.2 Å². The van der Waals surface area contributed by atoms with Gasteiger partial charge in [-0.25, -0.2) is 4.79 Å². The van der Waals surface area contributed by atoms with Crippen LogP contribution in [-0.2, 0) is 9.53 Å². The number of Topliss-reactive ketones (excluding diaryl/α,β-unsaturated/α-hetero) is 1. The van der Waals surface area contributed by atoms with Crippen molar-refractivity contribution in [3.8, 4) is 11.5 Å². The highest BCUT2D eigenvalue weighted by molar-refractivity contribution is 6.33. The van der Waals surface area contributed by atoms with E-state index in [9.17, 15) is 9.59 Å². The number of halogens is 1. The third-order valence-corrected chi connectivity index (χ3v) is 5.56. The molecular weight excluding hydrogens is 332 g/mol. The van der Waals surface area contributed by atoms with E-state index in [0.717, 1.165) is 12.8 Å². The number of hydrogen-bond acceptors (Lipinski definition) is 5. The number of hydrogen-bond donors (Lipinski definition) is 0. The zero-order valence-electron chi connectivity index (χ0n) is 14.3. The minimum atomic E-state index is -0.876. The van der Waals surface area contributed by atoms with Crippen molar-refractivity contribution in [1.29, 1.82) is 0 Å². The highest BCUT2D eigenvalue weighted by atomic mass is 35.5. The Morgan fingerprint density at radius 2 is 1.75 bits per heavy atom. The molecule has 1 heterocycles. The summed E-state index contributed by atoms with van der Waals surface area (Å²) in [7, 11) is 1.34. The second kappa shape index (κ2) is 5.96. The minimum Gasteiger partial charge on any atom is -0.465 e. The first kappa shape index (κ1) is 17.1. The summed E-state index contributed by atoms with van der Waals surface area (Å²) < 4.78 is 17.1. The molecular formula is C18H21ClO5. The maximum Gasteiger partial charge on any atom is 0.338 e. The molecule has 1 aromatic rings. The van der Waals surface area contributed by atoms with Crippen LogP contribution in [0, 0.1) is 19.8 Å². The van der Waals surface area contributed by atoms with Crippen molar-refractivity contribution in [2.45, 2.75) is 52.2 Å². The molecule has 0 amide bonds. The third-order valence-electron chi connectivity index (χ3n) is 5.11. The Morgan fingerprint density at radius 1 is 1.17 bits per heavy atom. The molecule has 0 saturated heterocycles. The van der Waals surface area contributed by atoms with E-state index >= 15 is 0 Å². The standard InChI is InChI=1S/C18H21ClO5/c1-9-13(17(21)22-4)10(2)15-16(14(9)19)24-18(3,23-15)11-5-7-12(20)8-6-11/h11H,5-8H2,1-4H3/t18-/m1/s1. The molecule has 130 valence electrons. The molecule has 0 N–H and O–H groups in total. The number of esters is 1. The SMILES string of the molecule is COC(=O)c1c(C)c(Cl)c2c(c1C)O[C@@](C)(C1CCC(=O)CC1)O2. The quantitative estimate of drug-likeness (QED) is 0.753. The Hall–Kier alpha value is -1.75. The van der Waals surface area contributed by atoms with E-state index in [1.54, 1.807) is 13.8 Å². The van der Waals surface area contributed by atoms with Crippen LogP contribution in [0.2, 0.25) is 5.02 Å². The lowest BCUT2D eigenvalue weighted by Crippen LogP contribution is -2.44. The smallest absolute Gasteiger partial charge is 0.338 e. The molecule has 0 aromatic heterocycles. The summed E-state index contributed by atoms with van der Waals surface area (Å²) in [5.41, 5.74) is 1.69. The van der Waals surface area contributed by atoms with Gasteiger partial charge < -0.3 is 14.2 Å². The van der Waals surface area contributed by atoms with Crippen LogP contribution in [0.1, 0.15) is 54.1 Å². The van der Waals surface area contributed by atoms with E-state index in [1.807, 2.05) is 6.92 Å². The van der Waals surface area contributed by atoms with Crippen LogP contribution in [-0.4, -0.2) is 24.6 Å². The highest BCUT2D eigenvalue weighted by Crippen LogP contribution is 2.52. The van der Waals surface area contributed by atoms with Crippen molar-refractivity contribution in [1.82, 2.24) is 0 Å². The topological polar surface area (TPSA) is 61.8 Å². The minimum absolute atomic E-state index is 0.0972. The van der Waals surface area contributed by atoms with E-state index in [-0.39, 0.29) is 11.7 Å². The van der Waals surface area contributed by atoms with Crippen LogP contribution < -0.4 is 9.47 Å². The molecule has 5 nitrogen and oxygen atoms in total. The molecule has 2 aliphatic rings. The Balaban J connectivity index is 2.00. The average molecular weight is 353 g/mol. The van der Waals surface area contributed by atoms with Crippen molar-refractivity contribution in [2.24, 2.45) is 5.92 Å². The fourth-order valence-electron chi connectivity index (χ4n) is 3.62. The average Bonchev–Trinajstić information content (AvgIpc) is 2.93. The summed E-state index contributed by atoms with van der Waals surface area (Å²) in [6, 6.07) is 0. The summed E-state index contributed by atoms with van der Waals surface area (Å²) in [5, 5.41) is 0.367. The molecule has 0 spiro atoms. The van der Waals surface area contributed by atoms with Gasteiger partial charge >= 0.3 is 5.97 Å². The van der Waals surface area contributed by atoms with Gasteiger partial charge in [0.2, 0.25) is 0 Å². The molecule has 24 heavy (non-hydrogen) atoms. The monoisotopic (exact) mass is 352 g/mol. The first-order valence-corrected chi connectivity index (χ1v) is 8.47. The number of carbonyl (C=O) groups excluding carboxylic acids is 2. The van der Waals surface area contributed by atoms with Crippen molar-refractivity contribution in [2.75, 3.05) is 7.11 Å². The summed E-state index contributed by atoms with van der Waals surface area (Å²) in [4.78, 5) is 23.6. The molecule has 1 atom stereocenters. The van der Waals surface area contributed by atoms with Gasteiger partial charge in [0.25, 0.3) is 5.79 Å². The fourth-order valence-corrected chi connectivity index (χ4v) is 3.84. The maximum absolute atomic E-state index is 12.1. The molecule has 1 aromatic carbocycles. The van der Waals surface area contributed by atoms with Crippen LogP contribution in [0.15, 0.2) is 0 Å². The summed E-state index contributed by atoms with van der Waals surface area (Å²) in [5.74, 6) is 0.0150. The van der Waals surface area contributed by atoms with Crippen molar-refractivity contribution in [3.05, 3.63) is 21.7 Å². The summed E-state index contributed by atoms with van der Waals surface area (Å²) in [6.45, 7) is 5.43. The summed E-state index contributed by atoms with van der Waals surface area (Å²) >= 11 is 6.44.